The number of carbonyl (C=O) groups is 2. The van der Waals surface area contributed by atoms with Gasteiger partial charge in [-0.3, -0.25) is 9.59 Å². The number of benzene rings is 1. The van der Waals surface area contributed by atoms with E-state index in [1.165, 1.54) is 5.56 Å². The second-order valence-electron chi connectivity index (χ2n) is 7.06. The van der Waals surface area contributed by atoms with E-state index < -0.39 is 17.4 Å². The van der Waals surface area contributed by atoms with E-state index in [0.29, 0.717) is 19.7 Å². The molecule has 4 rings (SSSR count). The molecule has 2 bridgehead atoms. The van der Waals surface area contributed by atoms with Crippen LogP contribution in [0.4, 0.5) is 0 Å². The average Bonchev–Trinajstić information content (AvgIpc) is 3.27. The second kappa shape index (κ2) is 6.30. The number of amides is 1. The van der Waals surface area contributed by atoms with Crippen molar-refractivity contribution in [2.24, 2.45) is 11.8 Å². The zero-order valence-electron chi connectivity index (χ0n) is 14.4. The van der Waals surface area contributed by atoms with E-state index in [1.54, 1.807) is 0 Å². The van der Waals surface area contributed by atoms with Crippen LogP contribution in [0.1, 0.15) is 18.9 Å². The van der Waals surface area contributed by atoms with Crippen LogP contribution < -0.4 is 0 Å². The van der Waals surface area contributed by atoms with Crippen molar-refractivity contribution in [2.75, 3.05) is 19.7 Å². The van der Waals surface area contributed by atoms with Crippen molar-refractivity contribution >= 4 is 11.9 Å². The first kappa shape index (κ1) is 16.3. The number of fused-ring (bicyclic) bond motifs is 1. The Balaban J connectivity index is 1.48. The van der Waals surface area contributed by atoms with Crippen LogP contribution in [0.5, 0.6) is 0 Å². The lowest BCUT2D eigenvalue weighted by Gasteiger charge is -2.22. The summed E-state index contributed by atoms with van der Waals surface area (Å²) in [5.74, 6) is -1.24. The molecule has 4 atom stereocenters. The lowest BCUT2D eigenvalue weighted by atomic mass is 9.77. The maximum absolute atomic E-state index is 13.0. The molecule has 1 amide bonds. The first-order chi connectivity index (χ1) is 12.1. The normalized spacial score (nSPS) is 32.3. The SMILES string of the molecule is CCCOC(=O)[C@H]1[C@H]2C=CC3(CN(CCc4ccccc4)C(=O)[C@@H]13)O2. The van der Waals surface area contributed by atoms with Gasteiger partial charge in [-0.15, -0.1) is 0 Å². The molecule has 1 aromatic carbocycles. The molecule has 0 aliphatic carbocycles. The van der Waals surface area contributed by atoms with Crippen molar-refractivity contribution in [1.82, 2.24) is 4.90 Å². The number of hydrogen-bond acceptors (Lipinski definition) is 4. The van der Waals surface area contributed by atoms with Crippen molar-refractivity contribution < 1.29 is 19.1 Å². The fourth-order valence-electron chi connectivity index (χ4n) is 4.24. The van der Waals surface area contributed by atoms with E-state index in [9.17, 15) is 9.59 Å². The van der Waals surface area contributed by atoms with Crippen molar-refractivity contribution in [3.63, 3.8) is 0 Å². The lowest BCUT2D eigenvalue weighted by molar-refractivity contribution is -0.153. The Labute approximate surface area is 147 Å². The third kappa shape index (κ3) is 2.67. The molecular weight excluding hydrogens is 318 g/mol. The summed E-state index contributed by atoms with van der Waals surface area (Å²) in [5, 5.41) is 0. The van der Waals surface area contributed by atoms with Crippen molar-refractivity contribution in [2.45, 2.75) is 31.5 Å². The molecule has 3 aliphatic heterocycles. The van der Waals surface area contributed by atoms with Gasteiger partial charge in [-0.05, 0) is 18.4 Å². The summed E-state index contributed by atoms with van der Waals surface area (Å²) >= 11 is 0. The maximum Gasteiger partial charge on any atom is 0.312 e. The monoisotopic (exact) mass is 341 g/mol. The van der Waals surface area contributed by atoms with E-state index in [0.717, 1.165) is 12.8 Å². The molecule has 2 fully saturated rings. The predicted octanol–water partition coefficient (Wildman–Crippen LogP) is 1.96. The van der Waals surface area contributed by atoms with Crippen molar-refractivity contribution in [3.8, 4) is 0 Å². The highest BCUT2D eigenvalue weighted by molar-refractivity contribution is 5.91. The molecule has 0 aromatic heterocycles. The molecule has 3 aliphatic rings. The fourth-order valence-corrected chi connectivity index (χ4v) is 4.24. The highest BCUT2D eigenvalue weighted by atomic mass is 16.6. The first-order valence-corrected chi connectivity index (χ1v) is 9.01. The highest BCUT2D eigenvalue weighted by Gasteiger charge is 2.67. The summed E-state index contributed by atoms with van der Waals surface area (Å²) < 4.78 is 11.4. The quantitative estimate of drug-likeness (QED) is 0.586. The Kier molecular flexibility index (Phi) is 4.12. The van der Waals surface area contributed by atoms with Crippen molar-refractivity contribution in [1.29, 1.82) is 0 Å². The van der Waals surface area contributed by atoms with E-state index in [4.69, 9.17) is 9.47 Å². The van der Waals surface area contributed by atoms with Crippen molar-refractivity contribution in [3.05, 3.63) is 48.0 Å². The van der Waals surface area contributed by atoms with Gasteiger partial charge in [0.15, 0.2) is 0 Å². The maximum atomic E-state index is 13.0. The van der Waals surface area contributed by atoms with Gasteiger partial charge in [0.1, 0.15) is 11.5 Å². The van der Waals surface area contributed by atoms with Gasteiger partial charge in [-0.2, -0.15) is 0 Å². The zero-order valence-corrected chi connectivity index (χ0v) is 14.4. The highest BCUT2D eigenvalue weighted by Crippen LogP contribution is 2.52. The minimum atomic E-state index is -0.645. The van der Waals surface area contributed by atoms with Crippen LogP contribution in [0, 0.1) is 11.8 Å². The summed E-state index contributed by atoms with van der Waals surface area (Å²) in [6, 6.07) is 10.1. The van der Waals surface area contributed by atoms with Gasteiger partial charge < -0.3 is 14.4 Å². The Hall–Kier alpha value is -2.14. The minimum absolute atomic E-state index is 0.0150. The Morgan fingerprint density at radius 2 is 2.16 bits per heavy atom. The lowest BCUT2D eigenvalue weighted by Crippen LogP contribution is -2.40. The topological polar surface area (TPSA) is 55.8 Å². The van der Waals surface area contributed by atoms with Gasteiger partial charge in [0.2, 0.25) is 5.91 Å². The smallest absolute Gasteiger partial charge is 0.312 e. The van der Waals surface area contributed by atoms with E-state index in [2.05, 4.69) is 12.1 Å². The molecule has 1 spiro atoms. The molecule has 5 nitrogen and oxygen atoms in total. The number of nitrogens with zero attached hydrogens (tertiary/aromatic N) is 1. The van der Waals surface area contributed by atoms with Crippen LogP contribution in [0.25, 0.3) is 0 Å². The van der Waals surface area contributed by atoms with Gasteiger partial charge in [-0.1, -0.05) is 49.4 Å². The Morgan fingerprint density at radius 3 is 2.92 bits per heavy atom. The van der Waals surface area contributed by atoms with Gasteiger partial charge in [0.05, 0.1) is 25.2 Å². The van der Waals surface area contributed by atoms with Crippen LogP contribution >= 0.6 is 0 Å². The van der Waals surface area contributed by atoms with Gasteiger partial charge >= 0.3 is 5.97 Å². The first-order valence-electron chi connectivity index (χ1n) is 9.01. The van der Waals surface area contributed by atoms with Crippen LogP contribution in [-0.2, 0) is 25.5 Å². The second-order valence-corrected chi connectivity index (χ2v) is 7.06. The van der Waals surface area contributed by atoms with Gasteiger partial charge in [0, 0.05) is 6.54 Å². The molecule has 5 heteroatoms. The van der Waals surface area contributed by atoms with Gasteiger partial charge in [0.25, 0.3) is 0 Å². The molecular formula is C20H23NO4. The number of rotatable bonds is 6. The summed E-state index contributed by atoms with van der Waals surface area (Å²) in [4.78, 5) is 27.3. The largest absolute Gasteiger partial charge is 0.465 e. The summed E-state index contributed by atoms with van der Waals surface area (Å²) in [5.41, 5.74) is 0.554. The number of carbonyl (C=O) groups excluding carboxylic acids is 2. The molecule has 3 heterocycles. The van der Waals surface area contributed by atoms with E-state index >= 15 is 0 Å². The third-order valence-electron chi connectivity index (χ3n) is 5.41. The third-order valence-corrected chi connectivity index (χ3v) is 5.41. The summed E-state index contributed by atoms with van der Waals surface area (Å²) in [6.07, 6.45) is 5.14. The number of likely N-dealkylation sites (tertiary alicyclic amines) is 1. The molecule has 132 valence electrons. The molecule has 0 N–H and O–H groups in total. The summed E-state index contributed by atoms with van der Waals surface area (Å²) in [7, 11) is 0. The molecule has 0 saturated carbocycles. The number of ether oxygens (including phenoxy) is 2. The molecule has 0 radical (unpaired) electrons. The Morgan fingerprint density at radius 1 is 1.36 bits per heavy atom. The van der Waals surface area contributed by atoms with Crippen LogP contribution in [0.3, 0.4) is 0 Å². The van der Waals surface area contributed by atoms with Crippen LogP contribution in [-0.4, -0.2) is 48.2 Å². The predicted molar refractivity (Wildman–Crippen MR) is 91.7 cm³/mol. The number of hydrogen-bond donors (Lipinski definition) is 0. The van der Waals surface area contributed by atoms with Crippen LogP contribution in [0.2, 0.25) is 0 Å². The number of esters is 1. The summed E-state index contributed by atoms with van der Waals surface area (Å²) in [6.45, 7) is 3.50. The zero-order chi connectivity index (χ0) is 17.4. The average molecular weight is 341 g/mol. The van der Waals surface area contributed by atoms with Crippen LogP contribution in [0.15, 0.2) is 42.5 Å². The van der Waals surface area contributed by atoms with Gasteiger partial charge in [-0.25, -0.2) is 0 Å². The molecule has 2 saturated heterocycles. The Bertz CT molecular complexity index is 701. The van der Waals surface area contributed by atoms with E-state index in [-0.39, 0.29) is 18.0 Å². The molecule has 25 heavy (non-hydrogen) atoms. The fraction of sp³-hybridized carbons (Fsp3) is 0.500. The molecule has 1 unspecified atom stereocenters. The molecule has 1 aromatic rings. The standard InChI is InChI=1S/C20H23NO4/c1-2-12-24-19(23)16-15-8-10-20(25-15)13-21(18(22)17(16)20)11-9-14-6-4-3-5-7-14/h3-8,10,15-17H,2,9,11-13H2,1H3/t15-,16+,17-,20?/m1/s1. The minimum Gasteiger partial charge on any atom is -0.465 e. The van der Waals surface area contributed by atoms with E-state index in [1.807, 2.05) is 42.2 Å².